The standard InChI is InChI=1S/C17H19N3O4S/c1-24-15-7-6-12(20(22)23)10-13(15)18-17(21)11-19-8-2-4-14(19)16-5-3-9-25-16/h3,5-7,9-10,14H,2,4,8,11H2,1H3,(H,18,21)/p+1/t14-/m1/s1. The third-order valence-electron chi connectivity index (χ3n) is 4.43. The summed E-state index contributed by atoms with van der Waals surface area (Å²) in [6.07, 6.45) is 2.16. The Labute approximate surface area is 149 Å². The summed E-state index contributed by atoms with van der Waals surface area (Å²) in [6, 6.07) is 8.66. The van der Waals surface area contributed by atoms with Crippen LogP contribution in [-0.4, -0.2) is 31.0 Å². The maximum atomic E-state index is 12.5. The molecule has 25 heavy (non-hydrogen) atoms. The van der Waals surface area contributed by atoms with Gasteiger partial charge in [0.25, 0.3) is 11.6 Å². The molecule has 1 aliphatic heterocycles. The average Bonchev–Trinajstić information content (AvgIpc) is 3.25. The number of nitrogens with zero attached hydrogens (tertiary/aromatic N) is 1. The molecular weight excluding hydrogens is 342 g/mol. The fourth-order valence-corrected chi connectivity index (χ4v) is 4.18. The van der Waals surface area contributed by atoms with Crippen LogP contribution in [0.1, 0.15) is 23.8 Å². The number of ether oxygens (including phenoxy) is 1. The van der Waals surface area contributed by atoms with Gasteiger partial charge in [-0.1, -0.05) is 6.07 Å². The molecule has 7 nitrogen and oxygen atoms in total. The van der Waals surface area contributed by atoms with Crippen molar-refractivity contribution in [2.75, 3.05) is 25.5 Å². The van der Waals surface area contributed by atoms with Crippen LogP contribution in [0.5, 0.6) is 5.75 Å². The molecule has 1 saturated heterocycles. The Hall–Kier alpha value is -2.45. The lowest BCUT2D eigenvalue weighted by molar-refractivity contribution is -0.910. The van der Waals surface area contributed by atoms with E-state index in [9.17, 15) is 14.9 Å². The number of carbonyl (C=O) groups is 1. The number of benzene rings is 1. The van der Waals surface area contributed by atoms with Gasteiger partial charge in [-0.05, 0) is 17.5 Å². The first-order valence-electron chi connectivity index (χ1n) is 8.08. The SMILES string of the molecule is COc1ccc([N+](=O)[O-])cc1NC(=O)C[NH+]1CCC[C@@H]1c1cccs1. The van der Waals surface area contributed by atoms with Crippen LogP contribution >= 0.6 is 11.3 Å². The van der Waals surface area contributed by atoms with Gasteiger partial charge in [-0.3, -0.25) is 14.9 Å². The van der Waals surface area contributed by atoms with Crippen LogP contribution < -0.4 is 15.0 Å². The molecule has 1 aromatic heterocycles. The number of rotatable bonds is 6. The summed E-state index contributed by atoms with van der Waals surface area (Å²) < 4.78 is 5.19. The third kappa shape index (κ3) is 3.97. The number of amides is 1. The Bertz CT molecular complexity index is 763. The number of non-ortho nitro benzene ring substituents is 1. The Morgan fingerprint density at radius 1 is 1.48 bits per heavy atom. The van der Waals surface area contributed by atoms with Gasteiger partial charge in [0, 0.05) is 25.0 Å². The van der Waals surface area contributed by atoms with Crippen LogP contribution in [0.3, 0.4) is 0 Å². The van der Waals surface area contributed by atoms with Gasteiger partial charge in [0.15, 0.2) is 6.54 Å². The number of anilines is 1. The van der Waals surface area contributed by atoms with E-state index < -0.39 is 4.92 Å². The number of quaternary nitrogens is 1. The molecule has 0 saturated carbocycles. The highest BCUT2D eigenvalue weighted by Gasteiger charge is 2.32. The average molecular weight is 362 g/mol. The molecule has 1 aliphatic rings. The topological polar surface area (TPSA) is 85.9 Å². The predicted octanol–water partition coefficient (Wildman–Crippen LogP) is 2.02. The van der Waals surface area contributed by atoms with Crippen molar-refractivity contribution in [3.8, 4) is 5.75 Å². The highest BCUT2D eigenvalue weighted by Crippen LogP contribution is 2.29. The Morgan fingerprint density at radius 2 is 2.32 bits per heavy atom. The van der Waals surface area contributed by atoms with E-state index >= 15 is 0 Å². The second kappa shape index (κ2) is 7.62. The minimum Gasteiger partial charge on any atom is -0.495 e. The smallest absolute Gasteiger partial charge is 0.279 e. The number of likely N-dealkylation sites (tertiary alicyclic amines) is 1. The van der Waals surface area contributed by atoms with Crippen molar-refractivity contribution < 1.29 is 19.4 Å². The van der Waals surface area contributed by atoms with E-state index in [0.29, 0.717) is 24.0 Å². The first-order valence-corrected chi connectivity index (χ1v) is 8.96. The molecule has 2 N–H and O–H groups in total. The normalized spacial score (nSPS) is 19.6. The molecule has 1 aromatic carbocycles. The van der Waals surface area contributed by atoms with Crippen LogP contribution in [0.4, 0.5) is 11.4 Å². The lowest BCUT2D eigenvalue weighted by atomic mass is 10.2. The summed E-state index contributed by atoms with van der Waals surface area (Å²) in [5, 5.41) is 15.8. The van der Waals surface area contributed by atoms with Crippen molar-refractivity contribution in [2.24, 2.45) is 0 Å². The van der Waals surface area contributed by atoms with E-state index in [4.69, 9.17) is 4.74 Å². The molecule has 8 heteroatoms. The van der Waals surface area contributed by atoms with Crippen molar-refractivity contribution in [2.45, 2.75) is 18.9 Å². The molecule has 0 bridgehead atoms. The summed E-state index contributed by atoms with van der Waals surface area (Å²) in [7, 11) is 1.47. The number of carbonyl (C=O) groups excluding carboxylic acids is 1. The lowest BCUT2D eigenvalue weighted by Crippen LogP contribution is -3.11. The summed E-state index contributed by atoms with van der Waals surface area (Å²) in [4.78, 5) is 25.5. The zero-order valence-corrected chi connectivity index (χ0v) is 14.7. The number of thiophene rings is 1. The first kappa shape index (κ1) is 17.4. The van der Waals surface area contributed by atoms with Gasteiger partial charge in [-0.15, -0.1) is 11.3 Å². The van der Waals surface area contributed by atoms with Crippen molar-refractivity contribution in [1.82, 2.24) is 0 Å². The van der Waals surface area contributed by atoms with Gasteiger partial charge < -0.3 is 15.0 Å². The quantitative estimate of drug-likeness (QED) is 0.608. The summed E-state index contributed by atoms with van der Waals surface area (Å²) in [5.74, 6) is 0.238. The zero-order chi connectivity index (χ0) is 17.8. The number of methoxy groups -OCH3 is 1. The van der Waals surface area contributed by atoms with E-state index in [1.165, 1.54) is 35.1 Å². The Kier molecular flexibility index (Phi) is 5.30. The second-order valence-electron chi connectivity index (χ2n) is 5.99. The van der Waals surface area contributed by atoms with Crippen LogP contribution in [0.25, 0.3) is 0 Å². The molecule has 2 atom stereocenters. The number of nitro benzene ring substituents is 1. The fourth-order valence-electron chi connectivity index (χ4n) is 3.26. The molecule has 0 radical (unpaired) electrons. The zero-order valence-electron chi connectivity index (χ0n) is 13.9. The fraction of sp³-hybridized carbons (Fsp3) is 0.353. The third-order valence-corrected chi connectivity index (χ3v) is 5.41. The van der Waals surface area contributed by atoms with E-state index in [-0.39, 0.29) is 11.6 Å². The molecule has 132 valence electrons. The van der Waals surface area contributed by atoms with Crippen LogP contribution in [0.2, 0.25) is 0 Å². The number of nitro groups is 1. The van der Waals surface area contributed by atoms with Gasteiger partial charge in [0.05, 0.1) is 29.1 Å². The van der Waals surface area contributed by atoms with E-state index in [1.807, 2.05) is 6.07 Å². The molecule has 1 amide bonds. The number of nitrogens with one attached hydrogen (secondary N) is 2. The highest BCUT2D eigenvalue weighted by atomic mass is 32.1. The minimum atomic E-state index is -0.492. The monoisotopic (exact) mass is 362 g/mol. The maximum absolute atomic E-state index is 12.5. The maximum Gasteiger partial charge on any atom is 0.279 e. The summed E-state index contributed by atoms with van der Waals surface area (Å²) in [5.41, 5.74) is 0.244. The molecule has 2 aromatic rings. The predicted molar refractivity (Wildman–Crippen MR) is 95.3 cm³/mol. The largest absolute Gasteiger partial charge is 0.495 e. The highest BCUT2D eigenvalue weighted by molar-refractivity contribution is 7.10. The molecule has 1 unspecified atom stereocenters. The van der Waals surface area contributed by atoms with Crippen molar-refractivity contribution in [1.29, 1.82) is 0 Å². The summed E-state index contributed by atoms with van der Waals surface area (Å²) in [6.45, 7) is 1.27. The molecule has 0 spiro atoms. The van der Waals surface area contributed by atoms with Gasteiger partial charge >= 0.3 is 0 Å². The molecule has 3 rings (SSSR count). The molecular formula is C17H20N3O4S+. The van der Waals surface area contributed by atoms with Crippen LogP contribution in [0.15, 0.2) is 35.7 Å². The Balaban J connectivity index is 1.70. The first-order chi connectivity index (χ1) is 12.1. The van der Waals surface area contributed by atoms with E-state index in [1.54, 1.807) is 11.3 Å². The molecule has 0 aliphatic carbocycles. The number of hydrogen-bond acceptors (Lipinski definition) is 5. The van der Waals surface area contributed by atoms with Crippen LogP contribution in [0, 0.1) is 10.1 Å². The lowest BCUT2D eigenvalue weighted by Gasteiger charge is -2.20. The molecule has 2 heterocycles. The molecule has 1 fully saturated rings. The van der Waals surface area contributed by atoms with Gasteiger partial charge in [0.1, 0.15) is 11.8 Å². The van der Waals surface area contributed by atoms with Gasteiger partial charge in [0.2, 0.25) is 0 Å². The van der Waals surface area contributed by atoms with Crippen molar-refractivity contribution in [3.63, 3.8) is 0 Å². The van der Waals surface area contributed by atoms with Crippen molar-refractivity contribution in [3.05, 3.63) is 50.7 Å². The van der Waals surface area contributed by atoms with Crippen LogP contribution in [-0.2, 0) is 4.79 Å². The number of hydrogen-bond donors (Lipinski definition) is 2. The van der Waals surface area contributed by atoms with E-state index in [0.717, 1.165) is 19.4 Å². The summed E-state index contributed by atoms with van der Waals surface area (Å²) >= 11 is 1.72. The van der Waals surface area contributed by atoms with E-state index in [2.05, 4.69) is 16.8 Å². The second-order valence-corrected chi connectivity index (χ2v) is 6.96. The minimum absolute atomic E-state index is 0.0823. The van der Waals surface area contributed by atoms with Crippen molar-refractivity contribution >= 4 is 28.6 Å². The Morgan fingerprint density at radius 3 is 3.00 bits per heavy atom. The van der Waals surface area contributed by atoms with Gasteiger partial charge in [-0.25, -0.2) is 0 Å². The van der Waals surface area contributed by atoms with Gasteiger partial charge in [-0.2, -0.15) is 0 Å².